The molecule has 3 atom stereocenters. The van der Waals surface area contributed by atoms with Crippen molar-refractivity contribution in [3.05, 3.63) is 0 Å². The van der Waals surface area contributed by atoms with E-state index >= 15 is 0 Å². The number of nitrogens with one attached hydrogen (secondary N) is 1. The zero-order valence-electron chi connectivity index (χ0n) is 10.1. The molecule has 1 N–H and O–H groups in total. The highest BCUT2D eigenvalue weighted by Crippen LogP contribution is 2.37. The molecule has 2 nitrogen and oxygen atoms in total. The molecule has 1 aliphatic carbocycles. The highest BCUT2D eigenvalue weighted by molar-refractivity contribution is 7.84. The van der Waals surface area contributed by atoms with E-state index in [0.29, 0.717) is 18.7 Å². The smallest absolute Gasteiger partial charge is 0.314 e. The van der Waals surface area contributed by atoms with Crippen LogP contribution in [0.25, 0.3) is 0 Å². The van der Waals surface area contributed by atoms with E-state index in [4.69, 9.17) is 0 Å². The van der Waals surface area contributed by atoms with Gasteiger partial charge in [-0.15, -0.1) is 0 Å². The van der Waals surface area contributed by atoms with Crippen LogP contribution in [0.1, 0.15) is 32.1 Å². The van der Waals surface area contributed by atoms with Crippen LogP contribution in [0, 0.1) is 5.92 Å². The first-order valence-corrected chi connectivity index (χ1v) is 7.72. The molecule has 3 unspecified atom stereocenters. The predicted molar refractivity (Wildman–Crippen MR) is 63.4 cm³/mol. The van der Waals surface area contributed by atoms with E-state index in [9.17, 15) is 17.4 Å². The summed E-state index contributed by atoms with van der Waals surface area (Å²) in [7, 11) is -0.813. The van der Waals surface area contributed by atoms with Crippen molar-refractivity contribution in [1.82, 2.24) is 5.32 Å². The molecule has 0 heterocycles. The van der Waals surface area contributed by atoms with Gasteiger partial charge in [-0.2, -0.15) is 13.2 Å². The maximum atomic E-state index is 12.5. The molecule has 6 heteroatoms. The van der Waals surface area contributed by atoms with E-state index in [2.05, 4.69) is 5.32 Å². The summed E-state index contributed by atoms with van der Waals surface area (Å²) < 4.78 is 48.4. The van der Waals surface area contributed by atoms with Crippen LogP contribution in [-0.4, -0.2) is 35.0 Å². The molecular weight excluding hydrogens is 251 g/mol. The largest absolute Gasteiger partial charge is 0.391 e. The molecule has 0 amide bonds. The summed E-state index contributed by atoms with van der Waals surface area (Å²) in [5.41, 5.74) is 0. The first-order chi connectivity index (χ1) is 7.89. The van der Waals surface area contributed by atoms with Gasteiger partial charge in [0, 0.05) is 28.9 Å². The molecule has 0 aromatic carbocycles. The van der Waals surface area contributed by atoms with Crippen molar-refractivity contribution in [2.24, 2.45) is 5.92 Å². The van der Waals surface area contributed by atoms with Crippen molar-refractivity contribution >= 4 is 10.8 Å². The molecule has 102 valence electrons. The van der Waals surface area contributed by atoms with Crippen LogP contribution in [0.4, 0.5) is 13.2 Å². The van der Waals surface area contributed by atoms with Crippen molar-refractivity contribution in [3.63, 3.8) is 0 Å². The average molecular weight is 271 g/mol. The summed E-state index contributed by atoms with van der Waals surface area (Å²) in [6.45, 7) is 0.662. The Labute approximate surface area is 103 Å². The zero-order chi connectivity index (χ0) is 12.9. The van der Waals surface area contributed by atoms with Crippen LogP contribution in [-0.2, 0) is 10.8 Å². The molecule has 0 spiro atoms. The molecule has 0 aromatic heterocycles. The molecule has 0 radical (unpaired) electrons. The number of alkyl halides is 3. The van der Waals surface area contributed by atoms with Gasteiger partial charge in [0.05, 0.1) is 5.92 Å². The minimum atomic E-state index is -4.05. The van der Waals surface area contributed by atoms with E-state index in [0.717, 1.165) is 12.8 Å². The third-order valence-electron chi connectivity index (χ3n) is 3.18. The first kappa shape index (κ1) is 15.0. The maximum absolute atomic E-state index is 12.5. The Bertz CT molecular complexity index is 258. The summed E-state index contributed by atoms with van der Waals surface area (Å²) in [6, 6.07) is -0.0272. The predicted octanol–water partition coefficient (Wildman–Crippen LogP) is 2.47. The second kappa shape index (κ2) is 6.73. The molecule has 1 aliphatic rings. The number of hydrogen-bond acceptors (Lipinski definition) is 2. The zero-order valence-corrected chi connectivity index (χ0v) is 10.9. The van der Waals surface area contributed by atoms with Gasteiger partial charge < -0.3 is 5.32 Å². The Hall–Kier alpha value is -0.100. The summed E-state index contributed by atoms with van der Waals surface area (Å²) >= 11 is 0. The van der Waals surface area contributed by atoms with E-state index in [1.165, 1.54) is 0 Å². The van der Waals surface area contributed by atoms with Gasteiger partial charge in [0.2, 0.25) is 0 Å². The van der Waals surface area contributed by atoms with E-state index in [1.54, 1.807) is 6.26 Å². The summed E-state index contributed by atoms with van der Waals surface area (Å²) in [6.07, 6.45) is 0.268. The van der Waals surface area contributed by atoms with Crippen LogP contribution < -0.4 is 5.32 Å². The van der Waals surface area contributed by atoms with Gasteiger partial charge >= 0.3 is 6.18 Å². The maximum Gasteiger partial charge on any atom is 0.391 e. The van der Waals surface area contributed by atoms with Crippen molar-refractivity contribution < 1.29 is 17.4 Å². The fraction of sp³-hybridized carbons (Fsp3) is 1.00. The third kappa shape index (κ3) is 5.86. The second-order valence-electron chi connectivity index (χ2n) is 4.69. The third-order valence-corrected chi connectivity index (χ3v) is 4.04. The van der Waals surface area contributed by atoms with Crippen LogP contribution in [0.3, 0.4) is 0 Å². The summed E-state index contributed by atoms with van der Waals surface area (Å²) in [5, 5.41) is 3.14. The van der Waals surface area contributed by atoms with Crippen LogP contribution >= 0.6 is 0 Å². The molecule has 1 rings (SSSR count). The van der Waals surface area contributed by atoms with Crippen LogP contribution in [0.2, 0.25) is 0 Å². The number of hydrogen-bond donors (Lipinski definition) is 1. The monoisotopic (exact) mass is 271 g/mol. The Morgan fingerprint density at radius 2 is 2.06 bits per heavy atom. The molecule has 0 aliphatic heterocycles. The molecule has 0 saturated heterocycles. The van der Waals surface area contributed by atoms with E-state index in [-0.39, 0.29) is 18.9 Å². The molecule has 0 bridgehead atoms. The molecular formula is C11H20F3NOS. The number of halogens is 3. The fourth-order valence-corrected chi connectivity index (χ4v) is 2.80. The minimum absolute atomic E-state index is 0.0272. The normalized spacial score (nSPS) is 28.0. The highest BCUT2D eigenvalue weighted by Gasteiger charge is 2.41. The minimum Gasteiger partial charge on any atom is -0.314 e. The lowest BCUT2D eigenvalue weighted by Crippen LogP contribution is -2.39. The number of rotatable bonds is 5. The van der Waals surface area contributed by atoms with Gasteiger partial charge in [0.15, 0.2) is 0 Å². The Morgan fingerprint density at radius 1 is 1.35 bits per heavy atom. The van der Waals surface area contributed by atoms with Crippen molar-refractivity contribution in [3.8, 4) is 0 Å². The van der Waals surface area contributed by atoms with Gasteiger partial charge in [-0.1, -0.05) is 6.42 Å². The molecule has 0 aromatic rings. The Kier molecular flexibility index (Phi) is 5.92. The van der Waals surface area contributed by atoms with Crippen molar-refractivity contribution in [2.75, 3.05) is 18.6 Å². The lowest BCUT2D eigenvalue weighted by molar-refractivity contribution is -0.183. The van der Waals surface area contributed by atoms with E-state index < -0.39 is 22.9 Å². The van der Waals surface area contributed by atoms with Gasteiger partial charge in [0.1, 0.15) is 0 Å². The topological polar surface area (TPSA) is 29.1 Å². The van der Waals surface area contributed by atoms with Crippen molar-refractivity contribution in [1.29, 1.82) is 0 Å². The van der Waals surface area contributed by atoms with Gasteiger partial charge in [-0.25, -0.2) is 0 Å². The van der Waals surface area contributed by atoms with Crippen molar-refractivity contribution in [2.45, 2.75) is 44.3 Å². The second-order valence-corrected chi connectivity index (χ2v) is 6.24. The fourth-order valence-electron chi connectivity index (χ4n) is 2.25. The average Bonchev–Trinajstić information content (AvgIpc) is 2.23. The summed E-state index contributed by atoms with van der Waals surface area (Å²) in [4.78, 5) is 0. The van der Waals surface area contributed by atoms with Gasteiger partial charge in [-0.05, 0) is 32.2 Å². The van der Waals surface area contributed by atoms with Crippen LogP contribution in [0.5, 0.6) is 0 Å². The summed E-state index contributed by atoms with van der Waals surface area (Å²) in [5.74, 6) is -0.531. The Morgan fingerprint density at radius 3 is 2.65 bits per heavy atom. The Balaban J connectivity index is 2.23. The van der Waals surface area contributed by atoms with Gasteiger partial charge in [-0.3, -0.25) is 4.21 Å². The van der Waals surface area contributed by atoms with Gasteiger partial charge in [0.25, 0.3) is 0 Å². The highest BCUT2D eigenvalue weighted by atomic mass is 32.2. The van der Waals surface area contributed by atoms with E-state index in [1.807, 2.05) is 0 Å². The molecule has 1 fully saturated rings. The SMILES string of the molecule is CS(=O)CCCNC1CCCC(C(F)(F)F)C1. The standard InChI is InChI=1S/C11H20F3NOS/c1-17(16)7-3-6-15-10-5-2-4-9(8-10)11(12,13)14/h9-10,15H,2-8H2,1H3. The quantitative estimate of drug-likeness (QED) is 0.778. The first-order valence-electron chi connectivity index (χ1n) is 5.99. The van der Waals surface area contributed by atoms with Crippen LogP contribution in [0.15, 0.2) is 0 Å². The molecule has 1 saturated carbocycles. The molecule has 17 heavy (non-hydrogen) atoms. The lowest BCUT2D eigenvalue weighted by Gasteiger charge is -2.31. The lowest BCUT2D eigenvalue weighted by atomic mass is 9.85.